The van der Waals surface area contributed by atoms with E-state index in [-0.39, 0.29) is 16.6 Å². The minimum atomic E-state index is -0.567. The highest BCUT2D eigenvalue weighted by atomic mass is 35.5. The second-order valence-corrected chi connectivity index (χ2v) is 7.94. The summed E-state index contributed by atoms with van der Waals surface area (Å²) in [5.41, 5.74) is 3.38. The Hall–Kier alpha value is -3.12. The summed E-state index contributed by atoms with van der Waals surface area (Å²) in [5.74, 6) is -1.13. The number of nitrogens with one attached hydrogen (secondary N) is 1. The van der Waals surface area contributed by atoms with Gasteiger partial charge >= 0.3 is 0 Å². The molecule has 3 amide bonds. The lowest BCUT2D eigenvalue weighted by Crippen LogP contribution is -2.33. The van der Waals surface area contributed by atoms with E-state index in [4.69, 9.17) is 11.6 Å². The number of aryl methyl sites for hydroxylation is 1. The molecule has 1 N–H and O–H groups in total. The molecule has 7 heteroatoms. The van der Waals surface area contributed by atoms with Crippen LogP contribution in [0.3, 0.4) is 0 Å². The topological polar surface area (TPSA) is 69.7 Å². The Morgan fingerprint density at radius 3 is 2.43 bits per heavy atom. The van der Waals surface area contributed by atoms with E-state index in [9.17, 15) is 14.4 Å². The maximum absolute atomic E-state index is 13.0. The minimum absolute atomic E-state index is 0.00773. The number of hydrogen-bond donors (Lipinski definition) is 1. The van der Waals surface area contributed by atoms with Crippen molar-refractivity contribution in [2.24, 2.45) is 0 Å². The molecule has 0 unspecified atom stereocenters. The minimum Gasteiger partial charge on any atom is -0.350 e. The molecule has 1 fully saturated rings. The average molecular weight is 424 g/mol. The Balaban J connectivity index is 1.60. The van der Waals surface area contributed by atoms with Crippen LogP contribution in [0.4, 0.5) is 11.4 Å². The molecule has 6 nitrogen and oxygen atoms in total. The van der Waals surface area contributed by atoms with E-state index in [1.54, 1.807) is 36.4 Å². The Morgan fingerprint density at radius 1 is 1.00 bits per heavy atom. The van der Waals surface area contributed by atoms with Crippen molar-refractivity contribution in [3.63, 3.8) is 0 Å². The van der Waals surface area contributed by atoms with Gasteiger partial charge in [-0.15, -0.1) is 0 Å². The molecule has 0 radical (unpaired) electrons. The number of halogens is 1. The van der Waals surface area contributed by atoms with Gasteiger partial charge in [-0.2, -0.15) is 0 Å². The van der Waals surface area contributed by atoms with Crippen LogP contribution in [-0.4, -0.2) is 35.7 Å². The first-order chi connectivity index (χ1) is 14.4. The average Bonchev–Trinajstić information content (AvgIpc) is 3.34. The number of rotatable bonds is 4. The molecule has 2 aromatic rings. The number of carbonyl (C=O) groups excluding carboxylic acids is 3. The molecule has 0 bridgehead atoms. The number of benzene rings is 2. The van der Waals surface area contributed by atoms with Crippen molar-refractivity contribution in [1.82, 2.24) is 4.90 Å². The summed E-state index contributed by atoms with van der Waals surface area (Å²) >= 11 is 6.25. The highest BCUT2D eigenvalue weighted by Gasteiger charge is 2.39. The van der Waals surface area contributed by atoms with Crippen LogP contribution in [0.5, 0.6) is 0 Å². The van der Waals surface area contributed by atoms with Crippen molar-refractivity contribution < 1.29 is 14.4 Å². The number of nitrogens with zero attached hydrogens (tertiary/aromatic N) is 2. The highest BCUT2D eigenvalue weighted by Crippen LogP contribution is 2.33. The maximum atomic E-state index is 13.0. The molecule has 0 atom stereocenters. The first-order valence-corrected chi connectivity index (χ1v) is 10.3. The monoisotopic (exact) mass is 423 g/mol. The van der Waals surface area contributed by atoms with Gasteiger partial charge in [0.1, 0.15) is 10.7 Å². The van der Waals surface area contributed by atoms with Gasteiger partial charge in [-0.05, 0) is 62.1 Å². The molecule has 2 aromatic carbocycles. The van der Waals surface area contributed by atoms with Crippen molar-refractivity contribution in [2.45, 2.75) is 26.7 Å². The van der Waals surface area contributed by atoms with Crippen LogP contribution >= 0.6 is 11.6 Å². The Labute approximate surface area is 180 Å². The molecule has 1 saturated heterocycles. The molecule has 30 heavy (non-hydrogen) atoms. The molecule has 4 rings (SSSR count). The lowest BCUT2D eigenvalue weighted by Gasteiger charge is -2.19. The van der Waals surface area contributed by atoms with Crippen molar-refractivity contribution >= 4 is 40.7 Å². The molecular formula is C23H22ClN3O3. The summed E-state index contributed by atoms with van der Waals surface area (Å²) in [6, 6.07) is 12.3. The van der Waals surface area contributed by atoms with Gasteiger partial charge in [0.05, 0.1) is 5.69 Å². The molecule has 2 aliphatic rings. The standard InChI is InChI=1S/C23H22ClN3O3/c1-14-7-5-10-18(15(14)2)27-22(29)19(24)20(23(27)30)25-17-9-6-8-16(13-17)21(28)26-11-3-4-12-26/h5-10,13,25H,3-4,11-12H2,1-2H3. The van der Waals surface area contributed by atoms with E-state index >= 15 is 0 Å². The first kappa shape index (κ1) is 20.2. The Kier molecular flexibility index (Phi) is 5.35. The summed E-state index contributed by atoms with van der Waals surface area (Å²) in [7, 11) is 0. The summed E-state index contributed by atoms with van der Waals surface area (Å²) in [6.07, 6.45) is 2.02. The quantitative estimate of drug-likeness (QED) is 0.755. The van der Waals surface area contributed by atoms with Crippen LogP contribution in [0.15, 0.2) is 53.2 Å². The lowest BCUT2D eigenvalue weighted by atomic mass is 10.1. The largest absolute Gasteiger partial charge is 0.350 e. The van der Waals surface area contributed by atoms with Crippen molar-refractivity contribution in [3.05, 3.63) is 69.9 Å². The molecule has 154 valence electrons. The molecule has 0 spiro atoms. The van der Waals surface area contributed by atoms with Crippen LogP contribution in [0, 0.1) is 13.8 Å². The highest BCUT2D eigenvalue weighted by molar-refractivity contribution is 6.53. The summed E-state index contributed by atoms with van der Waals surface area (Å²) in [6.45, 7) is 5.29. The molecule has 0 saturated carbocycles. The molecule has 2 heterocycles. The second-order valence-electron chi connectivity index (χ2n) is 7.56. The summed E-state index contributed by atoms with van der Waals surface area (Å²) in [4.78, 5) is 41.4. The van der Waals surface area contributed by atoms with Crippen molar-refractivity contribution in [2.75, 3.05) is 23.3 Å². The van der Waals surface area contributed by atoms with Crippen LogP contribution in [0.1, 0.15) is 34.3 Å². The van der Waals surface area contributed by atoms with Gasteiger partial charge in [-0.3, -0.25) is 14.4 Å². The van der Waals surface area contributed by atoms with Crippen molar-refractivity contribution in [3.8, 4) is 0 Å². The predicted octanol–water partition coefficient (Wildman–Crippen LogP) is 3.98. The normalized spacial score (nSPS) is 16.6. The fourth-order valence-electron chi connectivity index (χ4n) is 3.79. The number of likely N-dealkylation sites (tertiary alicyclic amines) is 1. The molecule has 0 aliphatic carbocycles. The van der Waals surface area contributed by atoms with Gasteiger partial charge in [0, 0.05) is 24.3 Å². The fourth-order valence-corrected chi connectivity index (χ4v) is 4.00. The van der Waals surface area contributed by atoms with Gasteiger partial charge in [-0.25, -0.2) is 4.90 Å². The summed E-state index contributed by atoms with van der Waals surface area (Å²) < 4.78 is 0. The van der Waals surface area contributed by atoms with Gasteiger partial charge < -0.3 is 10.2 Å². The van der Waals surface area contributed by atoms with E-state index in [1.165, 1.54) is 0 Å². The Bertz CT molecular complexity index is 1090. The van der Waals surface area contributed by atoms with Crippen LogP contribution < -0.4 is 10.2 Å². The number of hydrogen-bond acceptors (Lipinski definition) is 4. The molecular weight excluding hydrogens is 402 g/mol. The smallest absolute Gasteiger partial charge is 0.283 e. The van der Waals surface area contributed by atoms with Crippen LogP contribution in [0.2, 0.25) is 0 Å². The third kappa shape index (κ3) is 3.48. The SMILES string of the molecule is Cc1cccc(N2C(=O)C(Cl)=C(Nc3cccc(C(=O)N4CCCC4)c3)C2=O)c1C. The third-order valence-electron chi connectivity index (χ3n) is 5.62. The van der Waals surface area contributed by atoms with E-state index in [0.717, 1.165) is 42.0 Å². The number of imide groups is 1. The molecule has 2 aliphatic heterocycles. The zero-order chi connectivity index (χ0) is 21.4. The number of anilines is 2. The summed E-state index contributed by atoms with van der Waals surface area (Å²) in [5, 5.41) is 2.79. The van der Waals surface area contributed by atoms with Gasteiger partial charge in [0.2, 0.25) is 0 Å². The maximum Gasteiger partial charge on any atom is 0.283 e. The first-order valence-electron chi connectivity index (χ1n) is 9.89. The second kappa shape index (κ2) is 7.95. The van der Waals surface area contributed by atoms with Gasteiger partial charge in [0.25, 0.3) is 17.7 Å². The van der Waals surface area contributed by atoms with Gasteiger partial charge in [-0.1, -0.05) is 29.8 Å². The van der Waals surface area contributed by atoms with Crippen LogP contribution in [-0.2, 0) is 9.59 Å². The number of amides is 3. The zero-order valence-electron chi connectivity index (χ0n) is 16.9. The Morgan fingerprint density at radius 2 is 1.70 bits per heavy atom. The number of carbonyl (C=O) groups is 3. The van der Waals surface area contributed by atoms with Gasteiger partial charge in [0.15, 0.2) is 0 Å². The van der Waals surface area contributed by atoms with Crippen molar-refractivity contribution in [1.29, 1.82) is 0 Å². The third-order valence-corrected chi connectivity index (χ3v) is 5.97. The van der Waals surface area contributed by atoms with E-state index in [1.807, 2.05) is 24.8 Å². The molecule has 0 aromatic heterocycles. The fraction of sp³-hybridized carbons (Fsp3) is 0.261. The lowest BCUT2D eigenvalue weighted by molar-refractivity contribution is -0.120. The predicted molar refractivity (Wildman–Crippen MR) is 116 cm³/mol. The van der Waals surface area contributed by atoms with E-state index < -0.39 is 11.8 Å². The van der Waals surface area contributed by atoms with Crippen LogP contribution in [0.25, 0.3) is 0 Å². The van der Waals surface area contributed by atoms with E-state index in [0.29, 0.717) is 16.9 Å². The zero-order valence-corrected chi connectivity index (χ0v) is 17.6. The van der Waals surface area contributed by atoms with E-state index in [2.05, 4.69) is 5.32 Å².